The molecule has 2 heterocycles. The molecule has 1 fully saturated rings. The van der Waals surface area contributed by atoms with Crippen LogP contribution >= 0.6 is 0 Å². The molecule has 0 spiro atoms. The number of hydrogen-bond acceptors (Lipinski definition) is 2. The molecule has 1 aliphatic rings. The number of aromatic nitrogens is 1. The van der Waals surface area contributed by atoms with Crippen LogP contribution in [0.1, 0.15) is 33.6 Å². The fourth-order valence-corrected chi connectivity index (χ4v) is 4.57. The Morgan fingerprint density at radius 1 is 0.909 bits per heavy atom. The SMILES string of the molecule is O=C(NC[C@@H]1CCCN(C(=O)c2ccc3[nH]ccc3c2)C1)c1ccc(-c2ccccc2)cc1. The molecule has 0 unspecified atom stereocenters. The normalized spacial score (nSPS) is 16.0. The molecule has 0 saturated carbocycles. The van der Waals surface area contributed by atoms with Gasteiger partial charge in [0.25, 0.3) is 11.8 Å². The molecule has 0 aliphatic carbocycles. The van der Waals surface area contributed by atoms with Crippen LogP contribution in [0.4, 0.5) is 0 Å². The van der Waals surface area contributed by atoms with Crippen LogP contribution in [0.2, 0.25) is 0 Å². The summed E-state index contributed by atoms with van der Waals surface area (Å²) in [6.07, 6.45) is 3.84. The van der Waals surface area contributed by atoms with E-state index < -0.39 is 0 Å². The number of likely N-dealkylation sites (tertiary alicyclic amines) is 1. The molecule has 1 atom stereocenters. The van der Waals surface area contributed by atoms with Crippen molar-refractivity contribution >= 4 is 22.7 Å². The summed E-state index contributed by atoms with van der Waals surface area (Å²) in [5, 5.41) is 4.11. The molecular formula is C28H27N3O2. The number of aromatic amines is 1. The van der Waals surface area contributed by atoms with E-state index in [0.29, 0.717) is 24.2 Å². The lowest BCUT2D eigenvalue weighted by Gasteiger charge is -2.33. The lowest BCUT2D eigenvalue weighted by molar-refractivity contribution is 0.0671. The van der Waals surface area contributed by atoms with Crippen molar-refractivity contribution in [2.24, 2.45) is 5.92 Å². The predicted octanol–water partition coefficient (Wildman–Crippen LogP) is 5.12. The first kappa shape index (κ1) is 21.0. The second kappa shape index (κ2) is 9.33. The summed E-state index contributed by atoms with van der Waals surface area (Å²) in [7, 11) is 0. The van der Waals surface area contributed by atoms with Crippen molar-refractivity contribution in [3.8, 4) is 11.1 Å². The topological polar surface area (TPSA) is 65.2 Å². The van der Waals surface area contributed by atoms with E-state index in [2.05, 4.69) is 22.4 Å². The highest BCUT2D eigenvalue weighted by Crippen LogP contribution is 2.22. The van der Waals surface area contributed by atoms with Crippen LogP contribution in [0.5, 0.6) is 0 Å². The zero-order valence-corrected chi connectivity index (χ0v) is 18.5. The smallest absolute Gasteiger partial charge is 0.253 e. The van der Waals surface area contributed by atoms with Crippen LogP contribution in [-0.4, -0.2) is 41.3 Å². The lowest BCUT2D eigenvalue weighted by atomic mass is 9.97. The predicted molar refractivity (Wildman–Crippen MR) is 131 cm³/mol. The average molecular weight is 438 g/mol. The number of nitrogens with one attached hydrogen (secondary N) is 2. The van der Waals surface area contributed by atoms with Crippen molar-refractivity contribution in [1.29, 1.82) is 0 Å². The maximum atomic E-state index is 13.0. The van der Waals surface area contributed by atoms with Gasteiger partial charge in [0, 0.05) is 47.9 Å². The van der Waals surface area contributed by atoms with Crippen molar-refractivity contribution in [3.05, 3.63) is 96.2 Å². The second-order valence-electron chi connectivity index (χ2n) is 8.69. The van der Waals surface area contributed by atoms with E-state index in [0.717, 1.165) is 41.4 Å². The highest BCUT2D eigenvalue weighted by atomic mass is 16.2. The number of H-pyrrole nitrogens is 1. The Balaban J connectivity index is 1.17. The van der Waals surface area contributed by atoms with Crippen LogP contribution in [-0.2, 0) is 0 Å². The number of fused-ring (bicyclic) bond motifs is 1. The van der Waals surface area contributed by atoms with E-state index in [-0.39, 0.29) is 17.7 Å². The van der Waals surface area contributed by atoms with E-state index in [9.17, 15) is 9.59 Å². The maximum absolute atomic E-state index is 13.0. The fraction of sp³-hybridized carbons (Fsp3) is 0.214. The molecule has 4 aromatic rings. The van der Waals surface area contributed by atoms with Gasteiger partial charge in [-0.3, -0.25) is 9.59 Å². The summed E-state index contributed by atoms with van der Waals surface area (Å²) in [5.74, 6) is 0.243. The van der Waals surface area contributed by atoms with Crippen molar-refractivity contribution in [3.63, 3.8) is 0 Å². The molecule has 5 heteroatoms. The largest absolute Gasteiger partial charge is 0.361 e. The number of nitrogens with zero attached hydrogens (tertiary/aromatic N) is 1. The summed E-state index contributed by atoms with van der Waals surface area (Å²) >= 11 is 0. The fourth-order valence-electron chi connectivity index (χ4n) is 4.57. The van der Waals surface area contributed by atoms with Gasteiger partial charge in [-0.15, -0.1) is 0 Å². The minimum Gasteiger partial charge on any atom is -0.361 e. The van der Waals surface area contributed by atoms with Crippen molar-refractivity contribution < 1.29 is 9.59 Å². The Hall–Kier alpha value is -3.86. The van der Waals surface area contributed by atoms with Gasteiger partial charge in [-0.05, 0) is 66.3 Å². The Morgan fingerprint density at radius 3 is 2.48 bits per heavy atom. The Kier molecular flexibility index (Phi) is 5.94. The van der Waals surface area contributed by atoms with Crippen LogP contribution < -0.4 is 5.32 Å². The van der Waals surface area contributed by atoms with Crippen LogP contribution in [0.15, 0.2) is 85.1 Å². The van der Waals surface area contributed by atoms with Crippen molar-refractivity contribution in [2.45, 2.75) is 12.8 Å². The molecule has 1 aliphatic heterocycles. The first-order valence-corrected chi connectivity index (χ1v) is 11.5. The summed E-state index contributed by atoms with van der Waals surface area (Å²) < 4.78 is 0. The highest BCUT2D eigenvalue weighted by Gasteiger charge is 2.25. The molecule has 1 saturated heterocycles. The minimum absolute atomic E-state index is 0.0608. The number of amides is 2. The minimum atomic E-state index is -0.0732. The number of piperidine rings is 1. The van der Waals surface area contributed by atoms with Gasteiger partial charge < -0.3 is 15.2 Å². The molecule has 5 nitrogen and oxygen atoms in total. The molecule has 2 amide bonds. The first-order chi connectivity index (χ1) is 16.2. The third kappa shape index (κ3) is 4.67. The van der Waals surface area contributed by atoms with E-state index in [1.165, 1.54) is 0 Å². The van der Waals surface area contributed by atoms with E-state index >= 15 is 0 Å². The molecule has 5 rings (SSSR count). The third-order valence-corrected chi connectivity index (χ3v) is 6.41. The quantitative estimate of drug-likeness (QED) is 0.455. The van der Waals surface area contributed by atoms with Gasteiger partial charge in [0.2, 0.25) is 0 Å². The molecule has 1 aromatic heterocycles. The molecule has 0 bridgehead atoms. The van der Waals surface area contributed by atoms with Gasteiger partial charge in [0.15, 0.2) is 0 Å². The summed E-state index contributed by atoms with van der Waals surface area (Å²) in [6.45, 7) is 1.99. The van der Waals surface area contributed by atoms with Gasteiger partial charge in [-0.1, -0.05) is 42.5 Å². The average Bonchev–Trinajstić information content (AvgIpc) is 3.36. The first-order valence-electron chi connectivity index (χ1n) is 11.5. The molecule has 3 aromatic carbocycles. The molecule has 0 radical (unpaired) electrons. The number of carbonyl (C=O) groups excluding carboxylic acids is 2. The third-order valence-electron chi connectivity index (χ3n) is 6.41. The summed E-state index contributed by atoms with van der Waals surface area (Å²) in [5.41, 5.74) is 4.62. The second-order valence-corrected chi connectivity index (χ2v) is 8.69. The van der Waals surface area contributed by atoms with Gasteiger partial charge in [-0.2, -0.15) is 0 Å². The maximum Gasteiger partial charge on any atom is 0.253 e. The zero-order valence-electron chi connectivity index (χ0n) is 18.5. The van der Waals surface area contributed by atoms with E-state index in [1.807, 2.05) is 77.8 Å². The number of rotatable bonds is 5. The Labute approximate surface area is 193 Å². The molecular weight excluding hydrogens is 410 g/mol. The van der Waals surface area contributed by atoms with Crippen molar-refractivity contribution in [2.75, 3.05) is 19.6 Å². The number of benzene rings is 3. The van der Waals surface area contributed by atoms with Gasteiger partial charge >= 0.3 is 0 Å². The lowest BCUT2D eigenvalue weighted by Crippen LogP contribution is -2.43. The standard InChI is InChI=1S/C28H27N3O2/c32-27(23-10-8-22(9-11-23)21-6-2-1-3-7-21)30-18-20-5-4-16-31(19-20)28(33)25-12-13-26-24(17-25)14-15-29-26/h1-3,6-15,17,20,29H,4-5,16,18-19H2,(H,30,32)/t20-/m0/s1. The summed E-state index contributed by atoms with van der Waals surface area (Å²) in [4.78, 5) is 30.8. The Morgan fingerprint density at radius 2 is 1.67 bits per heavy atom. The summed E-state index contributed by atoms with van der Waals surface area (Å²) in [6, 6.07) is 25.6. The van der Waals surface area contributed by atoms with E-state index in [4.69, 9.17) is 0 Å². The Bertz CT molecular complexity index is 1260. The van der Waals surface area contributed by atoms with E-state index in [1.54, 1.807) is 0 Å². The van der Waals surface area contributed by atoms with Crippen molar-refractivity contribution in [1.82, 2.24) is 15.2 Å². The highest BCUT2D eigenvalue weighted by molar-refractivity contribution is 5.98. The molecule has 166 valence electrons. The van der Waals surface area contributed by atoms with Crippen LogP contribution in [0, 0.1) is 5.92 Å². The number of carbonyl (C=O) groups is 2. The van der Waals surface area contributed by atoms with Gasteiger partial charge in [0.05, 0.1) is 0 Å². The van der Waals surface area contributed by atoms with Crippen LogP contribution in [0.3, 0.4) is 0 Å². The molecule has 2 N–H and O–H groups in total. The zero-order chi connectivity index (χ0) is 22.6. The van der Waals surface area contributed by atoms with Gasteiger partial charge in [-0.25, -0.2) is 0 Å². The number of hydrogen-bond donors (Lipinski definition) is 2. The monoisotopic (exact) mass is 437 g/mol. The molecule has 33 heavy (non-hydrogen) atoms. The van der Waals surface area contributed by atoms with Crippen LogP contribution in [0.25, 0.3) is 22.0 Å². The van der Waals surface area contributed by atoms with Gasteiger partial charge in [0.1, 0.15) is 0 Å².